The number of hydrogen-bond donors (Lipinski definition) is 0. The van der Waals surface area contributed by atoms with E-state index in [9.17, 15) is 0 Å². The van der Waals surface area contributed by atoms with Gasteiger partial charge in [-0.05, 0) is 19.1 Å². The summed E-state index contributed by atoms with van der Waals surface area (Å²) in [6.45, 7) is 5.62. The smallest absolute Gasteiger partial charge is 0.0926 e. The first kappa shape index (κ1) is 7.66. The van der Waals surface area contributed by atoms with Gasteiger partial charge in [0.15, 0.2) is 0 Å². The van der Waals surface area contributed by atoms with Crippen LogP contribution in [0.3, 0.4) is 0 Å². The predicted octanol–water partition coefficient (Wildman–Crippen LogP) is 2.15. The molecule has 2 nitrogen and oxygen atoms in total. The van der Waals surface area contributed by atoms with Crippen molar-refractivity contribution in [2.24, 2.45) is 0 Å². The molecule has 0 fully saturated rings. The zero-order chi connectivity index (χ0) is 8.10. The van der Waals surface area contributed by atoms with Gasteiger partial charge in [-0.3, -0.25) is 0 Å². The third-order valence-electron chi connectivity index (χ3n) is 1.33. The Labute approximate surface area is 66.3 Å². The largest absolute Gasteiger partial charge is 0.159 e. The van der Waals surface area contributed by atoms with Crippen LogP contribution in [0.4, 0.5) is 0 Å². The molecule has 0 saturated heterocycles. The summed E-state index contributed by atoms with van der Waals surface area (Å²) in [5.74, 6) is 0. The maximum atomic E-state index is 3.93. The molecule has 56 valence electrons. The van der Waals surface area contributed by atoms with Crippen molar-refractivity contribution in [3.05, 3.63) is 36.2 Å². The number of aromatic nitrogens is 2. The second-order valence-corrected chi connectivity index (χ2v) is 2.08. The van der Waals surface area contributed by atoms with Crippen molar-refractivity contribution in [2.75, 3.05) is 0 Å². The van der Waals surface area contributed by atoms with Gasteiger partial charge in [0.25, 0.3) is 0 Å². The van der Waals surface area contributed by atoms with Crippen LogP contribution < -0.4 is 0 Å². The highest BCUT2D eigenvalue weighted by Gasteiger charge is 1.93. The summed E-state index contributed by atoms with van der Waals surface area (Å²) < 4.78 is 0. The molecule has 0 aromatic carbocycles. The third-order valence-corrected chi connectivity index (χ3v) is 1.33. The lowest BCUT2D eigenvalue weighted by atomic mass is 10.2. The average molecular weight is 146 g/mol. The normalized spacial score (nSPS) is 10.3. The molecule has 0 aliphatic heterocycles. The molecule has 1 heterocycles. The van der Waals surface area contributed by atoms with Crippen LogP contribution in [0.5, 0.6) is 0 Å². The Morgan fingerprint density at radius 2 is 2.36 bits per heavy atom. The fraction of sp³-hybridized carbons (Fsp3) is 0.111. The Kier molecular flexibility index (Phi) is 2.55. The summed E-state index contributed by atoms with van der Waals surface area (Å²) in [5, 5.41) is 7.69. The van der Waals surface area contributed by atoms with E-state index < -0.39 is 0 Å². The molecule has 0 unspecified atom stereocenters. The maximum Gasteiger partial charge on any atom is 0.0926 e. The van der Waals surface area contributed by atoms with Crippen LogP contribution in [-0.4, -0.2) is 10.2 Å². The van der Waals surface area contributed by atoms with E-state index in [-0.39, 0.29) is 0 Å². The summed E-state index contributed by atoms with van der Waals surface area (Å²) in [5.41, 5.74) is 1.88. The van der Waals surface area contributed by atoms with Gasteiger partial charge in [0.05, 0.1) is 11.9 Å². The fourth-order valence-electron chi connectivity index (χ4n) is 0.812. The van der Waals surface area contributed by atoms with Gasteiger partial charge in [-0.25, -0.2) is 0 Å². The van der Waals surface area contributed by atoms with Gasteiger partial charge in [0, 0.05) is 5.56 Å². The minimum absolute atomic E-state index is 0.866. The molecule has 0 amide bonds. The lowest BCUT2D eigenvalue weighted by Crippen LogP contribution is -1.87. The molecular formula is C9H10N2. The molecule has 0 N–H and O–H groups in total. The van der Waals surface area contributed by atoms with Crippen LogP contribution in [0.1, 0.15) is 18.2 Å². The maximum absolute atomic E-state index is 3.93. The first-order valence-corrected chi connectivity index (χ1v) is 3.45. The lowest BCUT2D eigenvalue weighted by Gasteiger charge is -1.95. The van der Waals surface area contributed by atoms with E-state index >= 15 is 0 Å². The Bertz CT molecular complexity index is 277. The highest BCUT2D eigenvalue weighted by atomic mass is 15.1. The van der Waals surface area contributed by atoms with Crippen LogP contribution in [0.25, 0.3) is 12.2 Å². The predicted molar refractivity (Wildman–Crippen MR) is 46.8 cm³/mol. The summed E-state index contributed by atoms with van der Waals surface area (Å²) in [4.78, 5) is 0. The fourth-order valence-corrected chi connectivity index (χ4v) is 0.812. The van der Waals surface area contributed by atoms with Crippen molar-refractivity contribution in [1.82, 2.24) is 10.2 Å². The van der Waals surface area contributed by atoms with Gasteiger partial charge in [-0.15, -0.1) is 0 Å². The van der Waals surface area contributed by atoms with Gasteiger partial charge in [0.1, 0.15) is 0 Å². The van der Waals surface area contributed by atoms with Crippen LogP contribution in [0.15, 0.2) is 24.9 Å². The molecule has 0 radical (unpaired) electrons. The van der Waals surface area contributed by atoms with E-state index in [1.807, 2.05) is 25.1 Å². The molecule has 0 aliphatic rings. The number of rotatable bonds is 2. The van der Waals surface area contributed by atoms with E-state index in [0.29, 0.717) is 0 Å². The lowest BCUT2D eigenvalue weighted by molar-refractivity contribution is 1.01. The van der Waals surface area contributed by atoms with E-state index in [4.69, 9.17) is 0 Å². The van der Waals surface area contributed by atoms with Crippen LogP contribution in [-0.2, 0) is 0 Å². The van der Waals surface area contributed by atoms with E-state index in [1.54, 1.807) is 12.3 Å². The Hall–Kier alpha value is -1.44. The molecule has 11 heavy (non-hydrogen) atoms. The summed E-state index contributed by atoms with van der Waals surface area (Å²) in [6, 6.07) is 1.88. The molecule has 1 aromatic heterocycles. The molecule has 0 aliphatic carbocycles. The van der Waals surface area contributed by atoms with Crippen molar-refractivity contribution < 1.29 is 0 Å². The molecule has 0 atom stereocenters. The van der Waals surface area contributed by atoms with E-state index in [0.717, 1.165) is 11.3 Å². The summed E-state index contributed by atoms with van der Waals surface area (Å²) in [6.07, 6.45) is 7.26. The molecule has 0 bridgehead atoms. The molecule has 1 aromatic rings. The highest BCUT2D eigenvalue weighted by Crippen LogP contribution is 2.06. The highest BCUT2D eigenvalue weighted by molar-refractivity contribution is 5.60. The van der Waals surface area contributed by atoms with Crippen molar-refractivity contribution in [2.45, 2.75) is 6.92 Å². The SMILES string of the molecule is C=Cc1ccnnc1/C=C\C. The standard InChI is InChI=1S/C9H10N2/c1-3-5-9-8(4-2)6-7-10-11-9/h3-7H,2H2,1H3/b5-3-. The Morgan fingerprint density at radius 3 is 3.00 bits per heavy atom. The first-order valence-electron chi connectivity index (χ1n) is 3.45. The topological polar surface area (TPSA) is 25.8 Å². The third kappa shape index (κ3) is 1.74. The quantitative estimate of drug-likeness (QED) is 0.639. The van der Waals surface area contributed by atoms with Crippen LogP contribution in [0.2, 0.25) is 0 Å². The van der Waals surface area contributed by atoms with E-state index in [1.165, 1.54) is 0 Å². The molecule has 0 spiro atoms. The summed E-state index contributed by atoms with van der Waals surface area (Å²) >= 11 is 0. The molecule has 2 heteroatoms. The summed E-state index contributed by atoms with van der Waals surface area (Å²) in [7, 11) is 0. The number of allylic oxidation sites excluding steroid dienone is 1. The second kappa shape index (κ2) is 3.66. The van der Waals surface area contributed by atoms with Gasteiger partial charge in [-0.1, -0.05) is 18.7 Å². The van der Waals surface area contributed by atoms with Crippen molar-refractivity contribution >= 4 is 12.2 Å². The zero-order valence-electron chi connectivity index (χ0n) is 6.49. The zero-order valence-corrected chi connectivity index (χ0v) is 6.49. The molecular weight excluding hydrogens is 136 g/mol. The van der Waals surface area contributed by atoms with Crippen LogP contribution >= 0.6 is 0 Å². The van der Waals surface area contributed by atoms with Crippen molar-refractivity contribution in [3.63, 3.8) is 0 Å². The average Bonchev–Trinajstić information content (AvgIpc) is 2.06. The molecule has 1 rings (SSSR count). The second-order valence-electron chi connectivity index (χ2n) is 2.08. The monoisotopic (exact) mass is 146 g/mol. The van der Waals surface area contributed by atoms with Gasteiger partial charge >= 0.3 is 0 Å². The first-order chi connectivity index (χ1) is 5.38. The van der Waals surface area contributed by atoms with Crippen molar-refractivity contribution in [3.8, 4) is 0 Å². The Balaban J connectivity index is 3.11. The van der Waals surface area contributed by atoms with Gasteiger partial charge < -0.3 is 0 Å². The molecule has 0 saturated carbocycles. The van der Waals surface area contributed by atoms with E-state index in [2.05, 4.69) is 16.8 Å². The Morgan fingerprint density at radius 1 is 1.55 bits per heavy atom. The minimum Gasteiger partial charge on any atom is -0.159 e. The number of nitrogens with zero attached hydrogens (tertiary/aromatic N) is 2. The van der Waals surface area contributed by atoms with Crippen LogP contribution in [0, 0.1) is 0 Å². The number of hydrogen-bond acceptors (Lipinski definition) is 2. The van der Waals surface area contributed by atoms with Gasteiger partial charge in [0.2, 0.25) is 0 Å². The minimum atomic E-state index is 0.866. The van der Waals surface area contributed by atoms with Gasteiger partial charge in [-0.2, -0.15) is 10.2 Å². The van der Waals surface area contributed by atoms with Crippen molar-refractivity contribution in [1.29, 1.82) is 0 Å².